The summed E-state index contributed by atoms with van der Waals surface area (Å²) >= 11 is 0. The molecule has 0 bridgehead atoms. The maximum Gasteiger partial charge on any atom is 0.237 e. The molecule has 0 aromatic heterocycles. The van der Waals surface area contributed by atoms with E-state index in [1.54, 1.807) is 6.92 Å². The van der Waals surface area contributed by atoms with E-state index in [4.69, 9.17) is 11.5 Å². The van der Waals surface area contributed by atoms with Gasteiger partial charge in [0.05, 0.1) is 6.54 Å². The summed E-state index contributed by atoms with van der Waals surface area (Å²) in [5, 5.41) is 0. The van der Waals surface area contributed by atoms with E-state index in [-0.39, 0.29) is 31.0 Å². The standard InChI is InChI=1S/C9H19N3O2/c1-6(2)12(5-8(11)13)9(14)4-7(3)10/h6-7H,4-5,10H2,1-3H3,(H2,11,13). The maximum absolute atomic E-state index is 11.6. The van der Waals surface area contributed by atoms with E-state index in [0.29, 0.717) is 0 Å². The fraction of sp³-hybridized carbons (Fsp3) is 0.778. The van der Waals surface area contributed by atoms with Gasteiger partial charge in [0.15, 0.2) is 0 Å². The third-order valence-corrected chi connectivity index (χ3v) is 1.77. The van der Waals surface area contributed by atoms with E-state index in [1.807, 2.05) is 13.8 Å². The molecule has 0 aliphatic rings. The summed E-state index contributed by atoms with van der Waals surface area (Å²) < 4.78 is 0. The largest absolute Gasteiger partial charge is 0.368 e. The number of rotatable bonds is 5. The Bertz CT molecular complexity index is 214. The molecular weight excluding hydrogens is 182 g/mol. The topological polar surface area (TPSA) is 89.4 Å². The van der Waals surface area contributed by atoms with Crippen LogP contribution in [-0.2, 0) is 9.59 Å². The van der Waals surface area contributed by atoms with Gasteiger partial charge in [0.2, 0.25) is 11.8 Å². The number of nitrogens with zero attached hydrogens (tertiary/aromatic N) is 1. The van der Waals surface area contributed by atoms with Gasteiger partial charge in [-0.3, -0.25) is 9.59 Å². The molecule has 0 radical (unpaired) electrons. The number of carbonyl (C=O) groups excluding carboxylic acids is 2. The number of primary amides is 1. The molecular formula is C9H19N3O2. The highest BCUT2D eigenvalue weighted by molar-refractivity contribution is 5.84. The Labute approximate surface area is 84.4 Å². The van der Waals surface area contributed by atoms with Crippen molar-refractivity contribution in [2.45, 2.75) is 39.3 Å². The first-order valence-electron chi connectivity index (χ1n) is 4.68. The van der Waals surface area contributed by atoms with Gasteiger partial charge in [-0.25, -0.2) is 0 Å². The van der Waals surface area contributed by atoms with Crippen molar-refractivity contribution in [3.05, 3.63) is 0 Å². The summed E-state index contributed by atoms with van der Waals surface area (Å²) in [6.45, 7) is 5.38. The number of hydrogen-bond donors (Lipinski definition) is 2. The van der Waals surface area contributed by atoms with Gasteiger partial charge in [-0.1, -0.05) is 0 Å². The Hall–Kier alpha value is -1.10. The normalized spacial score (nSPS) is 12.6. The Morgan fingerprint density at radius 1 is 1.29 bits per heavy atom. The molecule has 5 heteroatoms. The predicted molar refractivity (Wildman–Crippen MR) is 54.3 cm³/mol. The van der Waals surface area contributed by atoms with E-state index in [9.17, 15) is 9.59 Å². The lowest BCUT2D eigenvalue weighted by atomic mass is 10.2. The molecule has 0 saturated carbocycles. The van der Waals surface area contributed by atoms with Gasteiger partial charge in [-0.15, -0.1) is 0 Å². The Morgan fingerprint density at radius 2 is 1.79 bits per heavy atom. The van der Waals surface area contributed by atoms with Crippen molar-refractivity contribution in [2.75, 3.05) is 6.54 Å². The van der Waals surface area contributed by atoms with Crippen LogP contribution in [0.3, 0.4) is 0 Å². The predicted octanol–water partition coefficient (Wildman–Crippen LogP) is -0.554. The molecule has 0 aliphatic heterocycles. The van der Waals surface area contributed by atoms with Crippen molar-refractivity contribution in [2.24, 2.45) is 11.5 Å². The van der Waals surface area contributed by atoms with E-state index in [1.165, 1.54) is 4.90 Å². The zero-order valence-corrected chi connectivity index (χ0v) is 8.99. The average molecular weight is 201 g/mol. The van der Waals surface area contributed by atoms with Gasteiger partial charge in [0.1, 0.15) is 0 Å². The van der Waals surface area contributed by atoms with Gasteiger partial charge >= 0.3 is 0 Å². The molecule has 0 rings (SSSR count). The molecule has 2 amide bonds. The molecule has 1 atom stereocenters. The second kappa shape index (κ2) is 5.59. The maximum atomic E-state index is 11.6. The second-order valence-electron chi connectivity index (χ2n) is 3.76. The van der Waals surface area contributed by atoms with Crippen molar-refractivity contribution < 1.29 is 9.59 Å². The van der Waals surface area contributed by atoms with E-state index in [2.05, 4.69) is 0 Å². The molecule has 0 fully saturated rings. The van der Waals surface area contributed by atoms with Crippen LogP contribution in [0, 0.1) is 0 Å². The minimum absolute atomic E-state index is 0.0336. The van der Waals surface area contributed by atoms with Gasteiger partial charge in [0, 0.05) is 18.5 Å². The lowest BCUT2D eigenvalue weighted by Gasteiger charge is -2.26. The van der Waals surface area contributed by atoms with Crippen LogP contribution in [0.15, 0.2) is 0 Å². The van der Waals surface area contributed by atoms with Crippen LogP contribution in [0.5, 0.6) is 0 Å². The first kappa shape index (κ1) is 12.9. The minimum Gasteiger partial charge on any atom is -0.368 e. The molecule has 82 valence electrons. The van der Waals surface area contributed by atoms with Crippen LogP contribution in [0.1, 0.15) is 27.2 Å². The van der Waals surface area contributed by atoms with Crippen LogP contribution in [0.25, 0.3) is 0 Å². The van der Waals surface area contributed by atoms with E-state index in [0.717, 1.165) is 0 Å². The van der Waals surface area contributed by atoms with Crippen LogP contribution >= 0.6 is 0 Å². The molecule has 0 heterocycles. The molecule has 5 nitrogen and oxygen atoms in total. The molecule has 0 aliphatic carbocycles. The summed E-state index contributed by atoms with van der Waals surface area (Å²) in [6, 6.07) is -0.231. The van der Waals surface area contributed by atoms with Crippen molar-refractivity contribution in [3.63, 3.8) is 0 Å². The first-order valence-corrected chi connectivity index (χ1v) is 4.68. The summed E-state index contributed by atoms with van der Waals surface area (Å²) in [6.07, 6.45) is 0.242. The lowest BCUT2D eigenvalue weighted by molar-refractivity contribution is -0.137. The number of amides is 2. The third-order valence-electron chi connectivity index (χ3n) is 1.77. The van der Waals surface area contributed by atoms with Gasteiger partial charge in [-0.2, -0.15) is 0 Å². The van der Waals surface area contributed by atoms with Crippen molar-refractivity contribution >= 4 is 11.8 Å². The summed E-state index contributed by atoms with van der Waals surface area (Å²) in [4.78, 5) is 23.7. The first-order chi connectivity index (χ1) is 6.34. The van der Waals surface area contributed by atoms with E-state index >= 15 is 0 Å². The highest BCUT2D eigenvalue weighted by Crippen LogP contribution is 2.02. The van der Waals surface area contributed by atoms with Crippen molar-refractivity contribution in [1.29, 1.82) is 0 Å². The quantitative estimate of drug-likeness (QED) is 0.625. The van der Waals surface area contributed by atoms with Crippen molar-refractivity contribution in [1.82, 2.24) is 4.90 Å². The zero-order chi connectivity index (χ0) is 11.3. The SMILES string of the molecule is CC(N)CC(=O)N(CC(N)=O)C(C)C. The van der Waals surface area contributed by atoms with Gasteiger partial charge < -0.3 is 16.4 Å². The Morgan fingerprint density at radius 3 is 2.07 bits per heavy atom. The smallest absolute Gasteiger partial charge is 0.237 e. The fourth-order valence-electron chi connectivity index (χ4n) is 1.12. The monoisotopic (exact) mass is 201 g/mol. The molecule has 4 N–H and O–H groups in total. The number of carbonyl (C=O) groups is 2. The van der Waals surface area contributed by atoms with Crippen LogP contribution in [0.2, 0.25) is 0 Å². The van der Waals surface area contributed by atoms with Gasteiger partial charge in [0.25, 0.3) is 0 Å². The fourth-order valence-corrected chi connectivity index (χ4v) is 1.12. The molecule has 0 aromatic carbocycles. The molecule has 0 aromatic rings. The highest BCUT2D eigenvalue weighted by Gasteiger charge is 2.19. The molecule has 14 heavy (non-hydrogen) atoms. The summed E-state index contributed by atoms with van der Waals surface area (Å²) in [5.74, 6) is -0.634. The molecule has 0 saturated heterocycles. The lowest BCUT2D eigenvalue weighted by Crippen LogP contribution is -2.44. The molecule has 0 spiro atoms. The Balaban J connectivity index is 4.33. The minimum atomic E-state index is -0.503. The zero-order valence-electron chi connectivity index (χ0n) is 8.99. The van der Waals surface area contributed by atoms with Crippen LogP contribution in [-0.4, -0.2) is 35.3 Å². The number of hydrogen-bond acceptors (Lipinski definition) is 3. The van der Waals surface area contributed by atoms with Gasteiger partial charge in [-0.05, 0) is 20.8 Å². The second-order valence-corrected chi connectivity index (χ2v) is 3.76. The van der Waals surface area contributed by atoms with Crippen molar-refractivity contribution in [3.8, 4) is 0 Å². The summed E-state index contributed by atoms with van der Waals surface area (Å²) in [7, 11) is 0. The Kier molecular flexibility index (Phi) is 5.15. The van der Waals surface area contributed by atoms with Crippen LogP contribution < -0.4 is 11.5 Å². The van der Waals surface area contributed by atoms with Crippen LogP contribution in [0.4, 0.5) is 0 Å². The molecule has 1 unspecified atom stereocenters. The average Bonchev–Trinajstić information content (AvgIpc) is 1.97. The highest BCUT2D eigenvalue weighted by atomic mass is 16.2. The summed E-state index contributed by atoms with van der Waals surface area (Å²) in [5.41, 5.74) is 10.5. The number of nitrogens with two attached hydrogens (primary N) is 2. The van der Waals surface area contributed by atoms with E-state index < -0.39 is 5.91 Å². The third kappa shape index (κ3) is 4.81.